The van der Waals surface area contributed by atoms with Crippen molar-refractivity contribution >= 4 is 23.9 Å². The molecule has 1 amide bonds. The maximum Gasteiger partial charge on any atom is 0.224 e. The van der Waals surface area contributed by atoms with Crippen LogP contribution in [0, 0.1) is 17.8 Å². The van der Waals surface area contributed by atoms with Crippen molar-refractivity contribution in [2.45, 2.75) is 37.9 Å². The Kier molecular flexibility index (Phi) is 4.25. The summed E-state index contributed by atoms with van der Waals surface area (Å²) < 4.78 is 0.0591. The van der Waals surface area contributed by atoms with E-state index in [1.165, 1.54) is 5.70 Å². The third-order valence-corrected chi connectivity index (χ3v) is 6.52. The van der Waals surface area contributed by atoms with Crippen molar-refractivity contribution < 1.29 is 4.79 Å². The van der Waals surface area contributed by atoms with E-state index in [1.54, 1.807) is 0 Å². The van der Waals surface area contributed by atoms with Gasteiger partial charge in [-0.2, -0.15) is 0 Å². The number of nitrogens with zero attached hydrogens (tertiary/aromatic N) is 1. The van der Waals surface area contributed by atoms with Crippen LogP contribution in [0.4, 0.5) is 0 Å². The number of hydrogen-bond donors (Lipinski definition) is 1. The molecule has 1 spiro atoms. The molecule has 0 aromatic carbocycles. The molecule has 3 atom stereocenters. The molecular formula is C17H24N2OS. The van der Waals surface area contributed by atoms with E-state index in [-0.39, 0.29) is 16.6 Å². The SMILES string of the molecule is CC(C)CCNC(=O)C1CSC23CC=CC=C2N=CCC13. The quantitative estimate of drug-likeness (QED) is 0.866. The lowest BCUT2D eigenvalue weighted by atomic mass is 9.73. The van der Waals surface area contributed by atoms with Crippen molar-refractivity contribution in [2.75, 3.05) is 12.3 Å². The smallest absolute Gasteiger partial charge is 0.224 e. The van der Waals surface area contributed by atoms with Gasteiger partial charge in [-0.3, -0.25) is 9.79 Å². The summed E-state index contributed by atoms with van der Waals surface area (Å²) in [5.74, 6) is 2.33. The summed E-state index contributed by atoms with van der Waals surface area (Å²) in [6.07, 6.45) is 11.4. The summed E-state index contributed by atoms with van der Waals surface area (Å²) >= 11 is 1.94. The zero-order valence-corrected chi connectivity index (χ0v) is 13.7. The van der Waals surface area contributed by atoms with E-state index in [1.807, 2.05) is 18.0 Å². The van der Waals surface area contributed by atoms with Gasteiger partial charge >= 0.3 is 0 Å². The molecule has 1 aliphatic carbocycles. The molecule has 0 aromatic heterocycles. The first-order chi connectivity index (χ1) is 10.1. The Bertz CT molecular complexity index is 509. The first-order valence-electron chi connectivity index (χ1n) is 7.95. The molecule has 3 rings (SSSR count). The summed E-state index contributed by atoms with van der Waals surface area (Å²) in [5, 5.41) is 3.15. The van der Waals surface area contributed by atoms with Gasteiger partial charge in [0.15, 0.2) is 0 Å². The van der Waals surface area contributed by atoms with Crippen LogP contribution in [0.5, 0.6) is 0 Å². The van der Waals surface area contributed by atoms with E-state index in [0.29, 0.717) is 11.8 Å². The Morgan fingerprint density at radius 3 is 3.24 bits per heavy atom. The number of aliphatic imine (C=N–C) groups is 1. The Labute approximate surface area is 131 Å². The van der Waals surface area contributed by atoms with Crippen molar-refractivity contribution in [3.05, 3.63) is 23.9 Å². The number of thioether (sulfide) groups is 1. The lowest BCUT2D eigenvalue weighted by Crippen LogP contribution is -2.43. The number of allylic oxidation sites excluding steroid dienone is 3. The predicted octanol–water partition coefficient (Wildman–Crippen LogP) is 3.19. The van der Waals surface area contributed by atoms with Gasteiger partial charge in [-0.25, -0.2) is 0 Å². The maximum atomic E-state index is 12.5. The van der Waals surface area contributed by atoms with Gasteiger partial charge in [0.1, 0.15) is 0 Å². The molecule has 0 bridgehead atoms. The Morgan fingerprint density at radius 1 is 1.57 bits per heavy atom. The molecular weight excluding hydrogens is 280 g/mol. The molecule has 4 heteroatoms. The van der Waals surface area contributed by atoms with Crippen molar-refractivity contribution in [3.8, 4) is 0 Å². The zero-order valence-electron chi connectivity index (χ0n) is 12.8. The summed E-state index contributed by atoms with van der Waals surface area (Å²) in [6.45, 7) is 5.18. The number of carbonyl (C=O) groups is 1. The van der Waals surface area contributed by atoms with Crippen molar-refractivity contribution in [1.29, 1.82) is 0 Å². The maximum absolute atomic E-state index is 12.5. The monoisotopic (exact) mass is 304 g/mol. The molecule has 114 valence electrons. The average molecular weight is 304 g/mol. The van der Waals surface area contributed by atoms with Crippen LogP contribution in [0.3, 0.4) is 0 Å². The van der Waals surface area contributed by atoms with E-state index >= 15 is 0 Å². The molecule has 0 saturated carbocycles. The molecule has 3 nitrogen and oxygen atoms in total. The first kappa shape index (κ1) is 14.9. The number of nitrogens with one attached hydrogen (secondary N) is 1. The van der Waals surface area contributed by atoms with Crippen LogP contribution in [-0.2, 0) is 4.79 Å². The molecule has 1 N–H and O–H groups in total. The zero-order chi connectivity index (χ0) is 14.9. The largest absolute Gasteiger partial charge is 0.356 e. The van der Waals surface area contributed by atoms with Gasteiger partial charge in [-0.15, -0.1) is 11.8 Å². The molecule has 1 saturated heterocycles. The Balaban J connectivity index is 1.70. The minimum atomic E-state index is 0.0591. The van der Waals surface area contributed by atoms with Crippen LogP contribution in [0.2, 0.25) is 0 Å². The van der Waals surface area contributed by atoms with E-state index in [4.69, 9.17) is 0 Å². The highest BCUT2D eigenvalue weighted by molar-refractivity contribution is 8.01. The molecule has 2 heterocycles. The fourth-order valence-corrected chi connectivity index (χ4v) is 5.37. The number of hydrogen-bond acceptors (Lipinski definition) is 3. The van der Waals surface area contributed by atoms with Crippen LogP contribution >= 0.6 is 11.8 Å². The summed E-state index contributed by atoms with van der Waals surface area (Å²) in [7, 11) is 0. The molecule has 2 aliphatic heterocycles. The van der Waals surface area contributed by atoms with Gasteiger partial charge in [0.05, 0.1) is 16.4 Å². The normalized spacial score (nSPS) is 33.6. The van der Waals surface area contributed by atoms with E-state index in [9.17, 15) is 4.79 Å². The number of carbonyl (C=O) groups excluding carboxylic acids is 1. The molecule has 3 unspecified atom stereocenters. The van der Waals surface area contributed by atoms with Crippen molar-refractivity contribution in [1.82, 2.24) is 5.32 Å². The lowest BCUT2D eigenvalue weighted by Gasteiger charge is -2.39. The van der Waals surface area contributed by atoms with Gasteiger partial charge < -0.3 is 5.32 Å². The highest BCUT2D eigenvalue weighted by atomic mass is 32.2. The van der Waals surface area contributed by atoms with Gasteiger partial charge in [-0.1, -0.05) is 26.0 Å². The molecule has 21 heavy (non-hydrogen) atoms. The van der Waals surface area contributed by atoms with Gasteiger partial charge in [0.25, 0.3) is 0 Å². The molecule has 0 radical (unpaired) electrons. The van der Waals surface area contributed by atoms with Gasteiger partial charge in [-0.05, 0) is 37.2 Å². The lowest BCUT2D eigenvalue weighted by molar-refractivity contribution is -0.125. The third-order valence-electron chi connectivity index (χ3n) is 4.80. The van der Waals surface area contributed by atoms with Crippen LogP contribution in [0.25, 0.3) is 0 Å². The summed E-state index contributed by atoms with van der Waals surface area (Å²) in [4.78, 5) is 17.1. The second-order valence-corrected chi connectivity index (χ2v) is 7.97. The highest BCUT2D eigenvalue weighted by Crippen LogP contribution is 2.56. The van der Waals surface area contributed by atoms with Crippen molar-refractivity contribution in [3.63, 3.8) is 0 Å². The molecule has 1 fully saturated rings. The van der Waals surface area contributed by atoms with Crippen LogP contribution in [0.15, 0.2) is 28.9 Å². The second kappa shape index (κ2) is 5.99. The Morgan fingerprint density at radius 2 is 2.43 bits per heavy atom. The first-order valence-corrected chi connectivity index (χ1v) is 8.93. The minimum Gasteiger partial charge on any atom is -0.356 e. The average Bonchev–Trinajstić information content (AvgIpc) is 2.84. The van der Waals surface area contributed by atoms with E-state index in [2.05, 4.69) is 42.4 Å². The van der Waals surface area contributed by atoms with Gasteiger partial charge in [0.2, 0.25) is 5.91 Å². The fourth-order valence-electron chi connectivity index (χ4n) is 3.55. The Hall–Kier alpha value is -1.03. The van der Waals surface area contributed by atoms with Gasteiger partial charge in [0, 0.05) is 18.5 Å². The van der Waals surface area contributed by atoms with E-state index in [0.717, 1.165) is 31.6 Å². The van der Waals surface area contributed by atoms with Crippen LogP contribution in [0.1, 0.15) is 33.1 Å². The predicted molar refractivity (Wildman–Crippen MR) is 89.6 cm³/mol. The topological polar surface area (TPSA) is 41.5 Å². The van der Waals surface area contributed by atoms with E-state index < -0.39 is 0 Å². The number of amides is 1. The standard InChI is InChI=1S/C17H24N2OS/c1-12(2)6-9-19-16(20)13-11-21-17-8-4-3-5-15(17)18-10-7-14(13)17/h3-5,10,12-14H,6-9,11H2,1-2H3,(H,19,20). The third kappa shape index (κ3) is 2.70. The second-order valence-electron chi connectivity index (χ2n) is 6.62. The van der Waals surface area contributed by atoms with Crippen LogP contribution in [-0.4, -0.2) is 29.2 Å². The summed E-state index contributed by atoms with van der Waals surface area (Å²) in [5.41, 5.74) is 1.17. The fraction of sp³-hybridized carbons (Fsp3) is 0.647. The van der Waals surface area contributed by atoms with Crippen molar-refractivity contribution in [2.24, 2.45) is 22.7 Å². The summed E-state index contributed by atoms with van der Waals surface area (Å²) in [6, 6.07) is 0. The molecule has 0 aromatic rings. The molecule has 3 aliphatic rings. The van der Waals surface area contributed by atoms with Crippen LogP contribution < -0.4 is 5.32 Å². The number of rotatable bonds is 4. The minimum absolute atomic E-state index is 0.0591. The highest BCUT2D eigenvalue weighted by Gasteiger charge is 2.54.